The standard InChI is InChI=1S/C10H19N3/c1-8(13-10(2,3)4)5-9-6-11-7-12-9/h6-8,13H,5H2,1-4H3,(H,11,12). The lowest BCUT2D eigenvalue weighted by atomic mass is 10.1. The van der Waals surface area contributed by atoms with E-state index in [0.29, 0.717) is 6.04 Å². The summed E-state index contributed by atoms with van der Waals surface area (Å²) in [6, 6.07) is 0.473. The fraction of sp³-hybridized carbons (Fsp3) is 0.700. The van der Waals surface area contributed by atoms with Gasteiger partial charge in [0, 0.05) is 29.9 Å². The first-order chi connectivity index (χ1) is 5.97. The average molecular weight is 181 g/mol. The van der Waals surface area contributed by atoms with Crippen LogP contribution in [0.1, 0.15) is 33.4 Å². The van der Waals surface area contributed by atoms with E-state index in [1.807, 2.05) is 6.20 Å². The van der Waals surface area contributed by atoms with Gasteiger partial charge in [0.1, 0.15) is 0 Å². The molecule has 3 heteroatoms. The molecule has 1 aromatic heterocycles. The predicted molar refractivity (Wildman–Crippen MR) is 54.6 cm³/mol. The first-order valence-electron chi connectivity index (χ1n) is 4.72. The van der Waals surface area contributed by atoms with Gasteiger partial charge in [0.05, 0.1) is 6.33 Å². The lowest BCUT2D eigenvalue weighted by Gasteiger charge is -2.25. The van der Waals surface area contributed by atoms with Crippen molar-refractivity contribution in [2.75, 3.05) is 0 Å². The molecule has 0 aliphatic heterocycles. The van der Waals surface area contributed by atoms with Crippen LogP contribution in [-0.2, 0) is 6.42 Å². The maximum Gasteiger partial charge on any atom is 0.0921 e. The summed E-state index contributed by atoms with van der Waals surface area (Å²) in [4.78, 5) is 7.09. The van der Waals surface area contributed by atoms with Gasteiger partial charge < -0.3 is 10.3 Å². The molecule has 0 aliphatic carbocycles. The zero-order valence-electron chi connectivity index (χ0n) is 8.89. The third-order valence-electron chi connectivity index (χ3n) is 1.76. The lowest BCUT2D eigenvalue weighted by Crippen LogP contribution is -2.43. The van der Waals surface area contributed by atoms with E-state index in [1.165, 1.54) is 5.69 Å². The van der Waals surface area contributed by atoms with Crippen LogP contribution >= 0.6 is 0 Å². The summed E-state index contributed by atoms with van der Waals surface area (Å²) >= 11 is 0. The Hall–Kier alpha value is -0.830. The van der Waals surface area contributed by atoms with Gasteiger partial charge in [0.2, 0.25) is 0 Å². The molecule has 74 valence electrons. The van der Waals surface area contributed by atoms with Crippen molar-refractivity contribution < 1.29 is 0 Å². The van der Waals surface area contributed by atoms with Crippen molar-refractivity contribution in [3.05, 3.63) is 18.2 Å². The lowest BCUT2D eigenvalue weighted by molar-refractivity contribution is 0.369. The van der Waals surface area contributed by atoms with Gasteiger partial charge in [-0.1, -0.05) is 0 Å². The smallest absolute Gasteiger partial charge is 0.0921 e. The second kappa shape index (κ2) is 3.92. The molecule has 3 nitrogen and oxygen atoms in total. The van der Waals surface area contributed by atoms with Gasteiger partial charge in [-0.05, 0) is 27.7 Å². The van der Waals surface area contributed by atoms with Gasteiger partial charge in [-0.3, -0.25) is 0 Å². The van der Waals surface area contributed by atoms with E-state index < -0.39 is 0 Å². The molecule has 1 heterocycles. The van der Waals surface area contributed by atoms with Crippen LogP contribution in [0.2, 0.25) is 0 Å². The predicted octanol–water partition coefficient (Wildman–Crippen LogP) is 1.73. The van der Waals surface area contributed by atoms with Crippen LogP contribution in [0.25, 0.3) is 0 Å². The van der Waals surface area contributed by atoms with Crippen molar-refractivity contribution in [2.45, 2.75) is 45.7 Å². The van der Waals surface area contributed by atoms with Crippen LogP contribution in [-0.4, -0.2) is 21.5 Å². The number of hydrogen-bond donors (Lipinski definition) is 2. The first-order valence-corrected chi connectivity index (χ1v) is 4.72. The minimum Gasteiger partial charge on any atom is -0.348 e. The van der Waals surface area contributed by atoms with E-state index in [2.05, 4.69) is 43.0 Å². The Morgan fingerprint density at radius 3 is 2.69 bits per heavy atom. The Bertz CT molecular complexity index is 233. The Balaban J connectivity index is 2.38. The van der Waals surface area contributed by atoms with E-state index >= 15 is 0 Å². The van der Waals surface area contributed by atoms with Gasteiger partial charge in [0.25, 0.3) is 0 Å². The number of aromatic nitrogens is 2. The molecule has 1 aromatic rings. The third kappa shape index (κ3) is 4.08. The van der Waals surface area contributed by atoms with Crippen molar-refractivity contribution in [2.24, 2.45) is 0 Å². The molecule has 0 saturated heterocycles. The zero-order chi connectivity index (χ0) is 9.90. The first kappa shape index (κ1) is 10.3. The Morgan fingerprint density at radius 1 is 1.54 bits per heavy atom. The van der Waals surface area contributed by atoms with Crippen LogP contribution in [0.3, 0.4) is 0 Å². The summed E-state index contributed by atoms with van der Waals surface area (Å²) in [5.74, 6) is 0. The minimum absolute atomic E-state index is 0.180. The van der Waals surface area contributed by atoms with Crippen molar-refractivity contribution in [1.29, 1.82) is 0 Å². The molecule has 0 aliphatic rings. The summed E-state index contributed by atoms with van der Waals surface area (Å²) in [6.45, 7) is 8.72. The highest BCUT2D eigenvalue weighted by Gasteiger charge is 2.13. The maximum absolute atomic E-state index is 3.99. The van der Waals surface area contributed by atoms with Gasteiger partial charge in [0.15, 0.2) is 0 Å². The molecular formula is C10H19N3. The topological polar surface area (TPSA) is 40.7 Å². The van der Waals surface area contributed by atoms with Crippen molar-refractivity contribution in [3.8, 4) is 0 Å². The highest BCUT2D eigenvalue weighted by Crippen LogP contribution is 2.04. The molecule has 1 unspecified atom stereocenters. The highest BCUT2D eigenvalue weighted by molar-refractivity contribution is 4.97. The normalized spacial score (nSPS) is 14.5. The summed E-state index contributed by atoms with van der Waals surface area (Å²) in [5, 5.41) is 3.51. The number of hydrogen-bond acceptors (Lipinski definition) is 2. The van der Waals surface area contributed by atoms with E-state index in [-0.39, 0.29) is 5.54 Å². The van der Waals surface area contributed by atoms with Gasteiger partial charge in [-0.2, -0.15) is 0 Å². The van der Waals surface area contributed by atoms with Crippen LogP contribution < -0.4 is 5.32 Å². The quantitative estimate of drug-likeness (QED) is 0.745. The molecule has 0 amide bonds. The van der Waals surface area contributed by atoms with E-state index in [1.54, 1.807) is 6.33 Å². The summed E-state index contributed by atoms with van der Waals surface area (Å²) in [5.41, 5.74) is 1.36. The second-order valence-electron chi connectivity index (χ2n) is 4.58. The Labute approximate surface area is 80.0 Å². The third-order valence-corrected chi connectivity index (χ3v) is 1.76. The number of H-pyrrole nitrogens is 1. The van der Waals surface area contributed by atoms with Gasteiger partial charge >= 0.3 is 0 Å². The SMILES string of the molecule is CC(Cc1cnc[nH]1)NC(C)(C)C. The number of nitrogens with one attached hydrogen (secondary N) is 2. The van der Waals surface area contributed by atoms with Gasteiger partial charge in [-0.25, -0.2) is 4.98 Å². The fourth-order valence-corrected chi connectivity index (χ4v) is 1.52. The Kier molecular flexibility index (Phi) is 3.09. The Morgan fingerprint density at radius 2 is 2.23 bits per heavy atom. The average Bonchev–Trinajstić information content (AvgIpc) is 2.34. The molecule has 0 aromatic carbocycles. The molecule has 13 heavy (non-hydrogen) atoms. The summed E-state index contributed by atoms with van der Waals surface area (Å²) in [6.07, 6.45) is 4.59. The highest BCUT2D eigenvalue weighted by atomic mass is 15.0. The van der Waals surface area contributed by atoms with Crippen LogP contribution in [0, 0.1) is 0 Å². The second-order valence-corrected chi connectivity index (χ2v) is 4.58. The number of nitrogens with zero attached hydrogens (tertiary/aromatic N) is 1. The van der Waals surface area contributed by atoms with Crippen LogP contribution in [0.5, 0.6) is 0 Å². The van der Waals surface area contributed by atoms with Crippen LogP contribution in [0.15, 0.2) is 12.5 Å². The molecule has 1 atom stereocenters. The molecule has 0 bridgehead atoms. The molecule has 2 N–H and O–H groups in total. The van der Waals surface area contributed by atoms with Crippen LogP contribution in [0.4, 0.5) is 0 Å². The summed E-state index contributed by atoms with van der Waals surface area (Å²) in [7, 11) is 0. The van der Waals surface area contributed by atoms with Gasteiger partial charge in [-0.15, -0.1) is 0 Å². The van der Waals surface area contributed by atoms with Crippen molar-refractivity contribution in [1.82, 2.24) is 15.3 Å². The van der Waals surface area contributed by atoms with Crippen molar-refractivity contribution >= 4 is 0 Å². The molecule has 0 saturated carbocycles. The molecular weight excluding hydrogens is 162 g/mol. The number of aromatic amines is 1. The largest absolute Gasteiger partial charge is 0.348 e. The molecule has 0 radical (unpaired) electrons. The summed E-state index contributed by atoms with van der Waals surface area (Å²) < 4.78 is 0. The fourth-order valence-electron chi connectivity index (χ4n) is 1.52. The molecule has 0 fully saturated rings. The monoisotopic (exact) mass is 181 g/mol. The van der Waals surface area contributed by atoms with E-state index in [0.717, 1.165) is 6.42 Å². The van der Waals surface area contributed by atoms with E-state index in [9.17, 15) is 0 Å². The van der Waals surface area contributed by atoms with E-state index in [4.69, 9.17) is 0 Å². The maximum atomic E-state index is 3.99. The molecule has 0 spiro atoms. The molecule has 1 rings (SSSR count). The van der Waals surface area contributed by atoms with Crippen molar-refractivity contribution in [3.63, 3.8) is 0 Å². The zero-order valence-corrected chi connectivity index (χ0v) is 8.89. The number of rotatable bonds is 3. The number of imidazole rings is 1. The minimum atomic E-state index is 0.180.